The van der Waals surface area contributed by atoms with Crippen LogP contribution in [0.2, 0.25) is 0 Å². The van der Waals surface area contributed by atoms with E-state index >= 15 is 0 Å². The lowest BCUT2D eigenvalue weighted by atomic mass is 10.8. The molecule has 0 heterocycles. The third kappa shape index (κ3) is 2.90. The van der Waals surface area contributed by atoms with Gasteiger partial charge in [-0.1, -0.05) is 6.58 Å². The monoisotopic (exact) mass is 138 g/mol. The Bertz CT molecular complexity index is 124. The fourth-order valence-electron chi connectivity index (χ4n) is 0. The number of hydrogen-bond acceptors (Lipinski definition) is 1. The summed E-state index contributed by atoms with van der Waals surface area (Å²) in [6.07, 6.45) is 0. The summed E-state index contributed by atoms with van der Waals surface area (Å²) >= 11 is 5.32. The third-order valence-corrected chi connectivity index (χ3v) is 2.91. The van der Waals surface area contributed by atoms with Crippen LogP contribution in [0.25, 0.3) is 0 Å². The molecule has 0 aliphatic carbocycles. The van der Waals surface area contributed by atoms with Gasteiger partial charge in [-0.15, -0.1) is 0 Å². The quantitative estimate of drug-likeness (QED) is 0.509. The van der Waals surface area contributed by atoms with Crippen LogP contribution in [0.4, 0.5) is 0 Å². The van der Waals surface area contributed by atoms with Crippen LogP contribution in [0.1, 0.15) is 6.92 Å². The van der Waals surface area contributed by atoms with Gasteiger partial charge in [0.1, 0.15) is 0 Å². The number of halogens is 1. The molecule has 0 spiro atoms. The summed E-state index contributed by atoms with van der Waals surface area (Å²) in [5.41, 5.74) is 0. The molecule has 0 aliphatic heterocycles. The van der Waals surface area contributed by atoms with Gasteiger partial charge in [-0.2, -0.15) is 0 Å². The van der Waals surface area contributed by atoms with Gasteiger partial charge >= 0.3 is 0 Å². The Balaban J connectivity index is 4.09. The van der Waals surface area contributed by atoms with Gasteiger partial charge in [0.2, 0.25) is 0 Å². The maximum atomic E-state index is 10.6. The van der Waals surface area contributed by atoms with Crippen molar-refractivity contribution in [2.24, 2.45) is 0 Å². The molecule has 1 unspecified atom stereocenters. The predicted octanol–water partition coefficient (Wildman–Crippen LogP) is 2.67. The summed E-state index contributed by atoms with van der Waals surface area (Å²) in [7, 11) is 0. The molecule has 0 fully saturated rings. The largest absolute Gasteiger partial charge is 0.302 e. The second-order valence-corrected chi connectivity index (χ2v) is 5.89. The Labute approximate surface area is 48.5 Å². The lowest BCUT2D eigenvalue weighted by Crippen LogP contribution is -1.64. The molecule has 42 valence electrons. The van der Waals surface area contributed by atoms with Crippen LogP contribution in [0.3, 0.4) is 0 Å². The van der Waals surface area contributed by atoms with Gasteiger partial charge < -0.3 is 4.57 Å². The molecule has 0 aromatic rings. The van der Waals surface area contributed by atoms with Crippen molar-refractivity contribution in [2.75, 3.05) is 6.66 Å². The summed E-state index contributed by atoms with van der Waals surface area (Å²) in [6.45, 7) is 4.11. The first-order valence-corrected chi connectivity index (χ1v) is 4.94. The highest BCUT2D eigenvalue weighted by atomic mass is 35.7. The minimum atomic E-state index is -2.46. The lowest BCUT2D eigenvalue weighted by molar-refractivity contribution is 0.591. The minimum absolute atomic E-state index is 0.564. The standard InChI is InChI=1S/C4H8ClOP/c1-4(2)7(3,5)6/h1H2,2-3H3. The van der Waals surface area contributed by atoms with Crippen molar-refractivity contribution in [3.63, 3.8) is 0 Å². The number of rotatable bonds is 1. The van der Waals surface area contributed by atoms with E-state index in [0.29, 0.717) is 5.31 Å². The van der Waals surface area contributed by atoms with E-state index in [4.69, 9.17) is 11.2 Å². The molecule has 0 aromatic carbocycles. The molecule has 0 radical (unpaired) electrons. The van der Waals surface area contributed by atoms with E-state index in [2.05, 4.69) is 6.58 Å². The van der Waals surface area contributed by atoms with E-state index in [-0.39, 0.29) is 0 Å². The molecule has 0 amide bonds. The van der Waals surface area contributed by atoms with Crippen LogP contribution in [0.15, 0.2) is 11.9 Å². The van der Waals surface area contributed by atoms with Crippen LogP contribution in [-0.2, 0) is 4.57 Å². The van der Waals surface area contributed by atoms with Crippen LogP contribution in [-0.4, -0.2) is 6.66 Å². The smallest absolute Gasteiger partial charge is 0.189 e. The Morgan fingerprint density at radius 2 is 2.00 bits per heavy atom. The highest BCUT2D eigenvalue weighted by Gasteiger charge is 2.08. The first-order valence-electron chi connectivity index (χ1n) is 1.88. The molecule has 0 aliphatic rings. The SMILES string of the molecule is C=C(C)P(C)(=O)Cl. The Kier molecular flexibility index (Phi) is 2.09. The normalized spacial score (nSPS) is 18.1. The second kappa shape index (κ2) is 2.02. The van der Waals surface area contributed by atoms with E-state index in [0.717, 1.165) is 0 Å². The summed E-state index contributed by atoms with van der Waals surface area (Å²) in [6, 6.07) is 0. The topological polar surface area (TPSA) is 17.1 Å². The van der Waals surface area contributed by atoms with Crippen molar-refractivity contribution in [1.29, 1.82) is 0 Å². The van der Waals surface area contributed by atoms with Crippen molar-refractivity contribution in [1.82, 2.24) is 0 Å². The number of allylic oxidation sites excluding steroid dienone is 1. The summed E-state index contributed by atoms with van der Waals surface area (Å²) < 4.78 is 10.6. The molecular formula is C4H8ClOP. The van der Waals surface area contributed by atoms with Crippen LogP contribution in [0, 0.1) is 0 Å². The Morgan fingerprint density at radius 3 is 2.00 bits per heavy atom. The van der Waals surface area contributed by atoms with Crippen molar-refractivity contribution in [3.05, 3.63) is 11.9 Å². The Morgan fingerprint density at radius 1 is 1.86 bits per heavy atom. The van der Waals surface area contributed by atoms with E-state index in [1.165, 1.54) is 6.66 Å². The second-order valence-electron chi connectivity index (χ2n) is 1.56. The van der Waals surface area contributed by atoms with Crippen molar-refractivity contribution >= 4 is 17.7 Å². The van der Waals surface area contributed by atoms with E-state index in [1.807, 2.05) is 0 Å². The highest BCUT2D eigenvalue weighted by molar-refractivity contribution is 7.91. The lowest BCUT2D eigenvalue weighted by Gasteiger charge is -1.97. The molecule has 0 aromatic heterocycles. The van der Waals surface area contributed by atoms with Gasteiger partial charge in [-0.05, 0) is 23.5 Å². The zero-order valence-corrected chi connectivity index (χ0v) is 6.09. The first kappa shape index (κ1) is 7.26. The average Bonchev–Trinajstić information content (AvgIpc) is 1.31. The molecule has 0 N–H and O–H groups in total. The van der Waals surface area contributed by atoms with E-state index < -0.39 is 6.49 Å². The van der Waals surface area contributed by atoms with Crippen molar-refractivity contribution < 1.29 is 4.57 Å². The van der Waals surface area contributed by atoms with Gasteiger partial charge in [-0.3, -0.25) is 0 Å². The average molecular weight is 139 g/mol. The van der Waals surface area contributed by atoms with Gasteiger partial charge in [0.05, 0.1) is 0 Å². The number of hydrogen-bond donors (Lipinski definition) is 0. The minimum Gasteiger partial charge on any atom is -0.302 e. The fraction of sp³-hybridized carbons (Fsp3) is 0.500. The molecule has 3 heteroatoms. The fourth-order valence-corrected chi connectivity index (χ4v) is 0. The van der Waals surface area contributed by atoms with Gasteiger partial charge in [0.15, 0.2) is 6.49 Å². The molecule has 0 rings (SSSR count). The molecule has 0 bridgehead atoms. The molecule has 1 nitrogen and oxygen atoms in total. The van der Waals surface area contributed by atoms with Gasteiger partial charge in [0.25, 0.3) is 0 Å². The van der Waals surface area contributed by atoms with Crippen LogP contribution >= 0.6 is 17.7 Å². The van der Waals surface area contributed by atoms with E-state index in [9.17, 15) is 4.57 Å². The first-order chi connectivity index (χ1) is 2.94. The Hall–Kier alpha value is 0.260. The molecule has 0 saturated carbocycles. The van der Waals surface area contributed by atoms with Crippen molar-refractivity contribution in [3.8, 4) is 0 Å². The molecule has 7 heavy (non-hydrogen) atoms. The van der Waals surface area contributed by atoms with Crippen LogP contribution in [0.5, 0.6) is 0 Å². The third-order valence-electron chi connectivity index (χ3n) is 0.682. The van der Waals surface area contributed by atoms with Crippen LogP contribution < -0.4 is 0 Å². The molecule has 1 atom stereocenters. The summed E-state index contributed by atoms with van der Waals surface area (Å²) in [5.74, 6) is 0. The molecule has 0 saturated heterocycles. The van der Waals surface area contributed by atoms with E-state index in [1.54, 1.807) is 6.92 Å². The summed E-state index contributed by atoms with van der Waals surface area (Å²) in [4.78, 5) is 0. The highest BCUT2D eigenvalue weighted by Crippen LogP contribution is 2.53. The summed E-state index contributed by atoms with van der Waals surface area (Å²) in [5, 5.41) is 0.564. The predicted molar refractivity (Wildman–Crippen MR) is 34.2 cm³/mol. The maximum Gasteiger partial charge on any atom is 0.189 e. The van der Waals surface area contributed by atoms with Gasteiger partial charge in [-0.25, -0.2) is 0 Å². The molecular weight excluding hydrogens is 130 g/mol. The zero-order valence-electron chi connectivity index (χ0n) is 4.44. The zero-order chi connectivity index (χ0) is 6.08. The van der Waals surface area contributed by atoms with Crippen molar-refractivity contribution in [2.45, 2.75) is 6.92 Å². The maximum absolute atomic E-state index is 10.6. The van der Waals surface area contributed by atoms with Gasteiger partial charge in [0, 0.05) is 6.66 Å².